The van der Waals surface area contributed by atoms with E-state index >= 15 is 0 Å². The Morgan fingerprint density at radius 2 is 2.05 bits per heavy atom. The molecule has 100 valence electrons. The van der Waals surface area contributed by atoms with Gasteiger partial charge in [0.2, 0.25) is 0 Å². The predicted molar refractivity (Wildman–Crippen MR) is 81.6 cm³/mol. The second-order valence-corrected chi connectivity index (χ2v) is 5.85. The minimum Gasteiger partial charge on any atom is -0.507 e. The fourth-order valence-corrected chi connectivity index (χ4v) is 3.34. The molecule has 0 aromatic heterocycles. The Kier molecular flexibility index (Phi) is 3.06. The lowest BCUT2D eigenvalue weighted by Gasteiger charge is -2.17. The molecule has 0 spiro atoms. The first-order valence-electron chi connectivity index (χ1n) is 6.73. The molecule has 0 radical (unpaired) electrons. The van der Waals surface area contributed by atoms with Gasteiger partial charge in [-0.1, -0.05) is 31.2 Å². The summed E-state index contributed by atoms with van der Waals surface area (Å²) in [6, 6.07) is 9.90. The average molecular weight is 276 g/mol. The molecular weight excluding hydrogens is 258 g/mol. The molecule has 0 saturated carbocycles. The van der Waals surface area contributed by atoms with E-state index in [1.165, 1.54) is 5.56 Å². The van der Waals surface area contributed by atoms with E-state index in [-0.39, 0.29) is 5.38 Å². The Bertz CT molecular complexity index is 625. The molecular formula is C16H18ClNO. The molecule has 0 fully saturated rings. The lowest BCUT2D eigenvalue weighted by molar-refractivity contribution is 0.481. The summed E-state index contributed by atoms with van der Waals surface area (Å²) in [4.78, 5) is 2.19. The molecule has 19 heavy (non-hydrogen) atoms. The molecule has 1 N–H and O–H groups in total. The first-order chi connectivity index (χ1) is 9.13. The molecule has 1 aliphatic heterocycles. The number of alkyl halides is 1. The van der Waals surface area contributed by atoms with Gasteiger partial charge in [0, 0.05) is 42.0 Å². The van der Waals surface area contributed by atoms with Crippen LogP contribution >= 0.6 is 11.6 Å². The van der Waals surface area contributed by atoms with Gasteiger partial charge < -0.3 is 10.0 Å². The SMILES string of the molecule is CCC(Cl)C1CN(C)c2cc(O)c3ccccc3c21. The molecule has 2 atom stereocenters. The molecule has 0 aliphatic carbocycles. The van der Waals surface area contributed by atoms with E-state index in [9.17, 15) is 5.11 Å². The molecule has 2 nitrogen and oxygen atoms in total. The van der Waals surface area contributed by atoms with Gasteiger partial charge in [-0.2, -0.15) is 0 Å². The smallest absolute Gasteiger partial charge is 0.125 e. The van der Waals surface area contributed by atoms with Crippen LogP contribution in [0, 0.1) is 0 Å². The van der Waals surface area contributed by atoms with Crippen molar-refractivity contribution in [2.45, 2.75) is 24.6 Å². The highest BCUT2D eigenvalue weighted by atomic mass is 35.5. The van der Waals surface area contributed by atoms with Crippen LogP contribution in [0.4, 0.5) is 5.69 Å². The predicted octanol–water partition coefficient (Wildman–Crippen LogP) is 4.10. The summed E-state index contributed by atoms with van der Waals surface area (Å²) in [5.41, 5.74) is 2.40. The summed E-state index contributed by atoms with van der Waals surface area (Å²) in [7, 11) is 2.06. The summed E-state index contributed by atoms with van der Waals surface area (Å²) >= 11 is 6.52. The largest absolute Gasteiger partial charge is 0.507 e. The van der Waals surface area contributed by atoms with Gasteiger partial charge in [0.25, 0.3) is 0 Å². The molecule has 0 bridgehead atoms. The highest BCUT2D eigenvalue weighted by molar-refractivity contribution is 6.21. The number of aromatic hydroxyl groups is 1. The van der Waals surface area contributed by atoms with Gasteiger partial charge in [0.05, 0.1) is 0 Å². The van der Waals surface area contributed by atoms with Crippen LogP contribution in [0.25, 0.3) is 10.8 Å². The third-order valence-corrected chi connectivity index (χ3v) is 4.73. The van der Waals surface area contributed by atoms with E-state index in [1.54, 1.807) is 0 Å². The van der Waals surface area contributed by atoms with Crippen LogP contribution in [0.3, 0.4) is 0 Å². The Balaban J connectivity index is 2.29. The van der Waals surface area contributed by atoms with Crippen LogP contribution in [0.5, 0.6) is 5.75 Å². The zero-order valence-electron chi connectivity index (χ0n) is 11.2. The second kappa shape index (κ2) is 4.61. The van der Waals surface area contributed by atoms with Crippen LogP contribution < -0.4 is 4.90 Å². The molecule has 1 aliphatic rings. The molecule has 0 amide bonds. The standard InChI is InChI=1S/C16H18ClNO/c1-3-13(17)12-9-18(2)14-8-15(19)10-6-4-5-7-11(10)16(12)14/h4-8,12-13,19H,3,9H2,1-2H3. The third kappa shape index (κ3) is 1.86. The molecule has 2 unspecified atom stereocenters. The second-order valence-electron chi connectivity index (χ2n) is 5.29. The normalized spacial score (nSPS) is 19.7. The number of nitrogens with zero attached hydrogens (tertiary/aromatic N) is 1. The number of likely N-dealkylation sites (N-methyl/N-ethyl adjacent to an activating group) is 1. The van der Waals surface area contributed by atoms with Crippen molar-refractivity contribution in [1.29, 1.82) is 0 Å². The number of halogens is 1. The first-order valence-corrected chi connectivity index (χ1v) is 7.17. The first kappa shape index (κ1) is 12.6. The number of rotatable bonds is 2. The van der Waals surface area contributed by atoms with Gasteiger partial charge >= 0.3 is 0 Å². The lowest BCUT2D eigenvalue weighted by Crippen LogP contribution is -2.20. The van der Waals surface area contributed by atoms with Crippen molar-refractivity contribution >= 4 is 28.1 Å². The van der Waals surface area contributed by atoms with Gasteiger partial charge in [-0.15, -0.1) is 11.6 Å². The van der Waals surface area contributed by atoms with E-state index in [1.807, 2.05) is 24.3 Å². The Labute approximate surface area is 118 Å². The number of phenols is 1. The van der Waals surface area contributed by atoms with E-state index in [4.69, 9.17) is 11.6 Å². The monoisotopic (exact) mass is 275 g/mol. The number of hydrogen-bond acceptors (Lipinski definition) is 2. The number of benzene rings is 2. The van der Waals surface area contributed by atoms with Gasteiger partial charge in [-0.05, 0) is 17.4 Å². The van der Waals surface area contributed by atoms with Crippen molar-refractivity contribution in [3.8, 4) is 5.75 Å². The summed E-state index contributed by atoms with van der Waals surface area (Å²) in [5, 5.41) is 12.4. The molecule has 3 heteroatoms. The fourth-order valence-electron chi connectivity index (χ4n) is 3.13. The highest BCUT2D eigenvalue weighted by Crippen LogP contribution is 2.46. The summed E-state index contributed by atoms with van der Waals surface area (Å²) in [5.74, 6) is 0.682. The van der Waals surface area contributed by atoms with Gasteiger partial charge in [-0.3, -0.25) is 0 Å². The topological polar surface area (TPSA) is 23.5 Å². The minimum atomic E-state index is 0.136. The van der Waals surface area contributed by atoms with Crippen LogP contribution in [-0.2, 0) is 0 Å². The zero-order valence-corrected chi connectivity index (χ0v) is 12.0. The molecule has 2 aromatic carbocycles. The summed E-state index contributed by atoms with van der Waals surface area (Å²) < 4.78 is 0. The maximum absolute atomic E-state index is 10.2. The molecule has 2 aromatic rings. The van der Waals surface area contributed by atoms with Crippen molar-refractivity contribution in [3.63, 3.8) is 0 Å². The van der Waals surface area contributed by atoms with E-state index in [0.717, 1.165) is 29.4 Å². The summed E-state index contributed by atoms with van der Waals surface area (Å²) in [6.07, 6.45) is 0.953. The van der Waals surface area contributed by atoms with Crippen molar-refractivity contribution in [2.75, 3.05) is 18.5 Å². The van der Waals surface area contributed by atoms with Crippen molar-refractivity contribution in [2.24, 2.45) is 0 Å². The van der Waals surface area contributed by atoms with E-state index < -0.39 is 0 Å². The van der Waals surface area contributed by atoms with Crippen molar-refractivity contribution in [3.05, 3.63) is 35.9 Å². The van der Waals surface area contributed by atoms with Gasteiger partial charge in [0.15, 0.2) is 0 Å². The minimum absolute atomic E-state index is 0.136. The van der Waals surface area contributed by atoms with Crippen molar-refractivity contribution < 1.29 is 5.11 Å². The quantitative estimate of drug-likeness (QED) is 0.834. The highest BCUT2D eigenvalue weighted by Gasteiger charge is 2.33. The van der Waals surface area contributed by atoms with Gasteiger partial charge in [-0.25, -0.2) is 0 Å². The maximum Gasteiger partial charge on any atom is 0.125 e. The van der Waals surface area contributed by atoms with Crippen LogP contribution in [-0.4, -0.2) is 24.1 Å². The Hall–Kier alpha value is -1.41. The third-order valence-electron chi connectivity index (χ3n) is 4.12. The van der Waals surface area contributed by atoms with E-state index in [0.29, 0.717) is 11.7 Å². The van der Waals surface area contributed by atoms with Crippen LogP contribution in [0.1, 0.15) is 24.8 Å². The lowest BCUT2D eigenvalue weighted by atomic mass is 9.91. The van der Waals surface area contributed by atoms with Crippen LogP contribution in [0.15, 0.2) is 30.3 Å². The van der Waals surface area contributed by atoms with Crippen molar-refractivity contribution in [1.82, 2.24) is 0 Å². The Morgan fingerprint density at radius 1 is 1.37 bits per heavy atom. The molecule has 0 saturated heterocycles. The van der Waals surface area contributed by atoms with Crippen LogP contribution in [0.2, 0.25) is 0 Å². The zero-order chi connectivity index (χ0) is 13.6. The number of hydrogen-bond donors (Lipinski definition) is 1. The molecule has 1 heterocycles. The average Bonchev–Trinajstić information content (AvgIpc) is 2.76. The number of phenolic OH excluding ortho intramolecular Hbond substituents is 1. The maximum atomic E-state index is 10.2. The van der Waals surface area contributed by atoms with Gasteiger partial charge in [0.1, 0.15) is 5.75 Å². The Morgan fingerprint density at radius 3 is 2.74 bits per heavy atom. The number of anilines is 1. The molecule has 3 rings (SSSR count). The number of fused-ring (bicyclic) bond motifs is 3. The summed E-state index contributed by atoms with van der Waals surface area (Å²) in [6.45, 7) is 3.04. The fraction of sp³-hybridized carbons (Fsp3) is 0.375. The van der Waals surface area contributed by atoms with E-state index in [2.05, 4.69) is 24.9 Å².